The predicted octanol–water partition coefficient (Wildman–Crippen LogP) is 0.925. The minimum atomic E-state index is -0.405. The molecule has 1 aliphatic rings. The van der Waals surface area contributed by atoms with Gasteiger partial charge in [0, 0.05) is 18.7 Å². The van der Waals surface area contributed by atoms with Crippen molar-refractivity contribution in [3.63, 3.8) is 0 Å². The molecule has 1 amide bonds. The van der Waals surface area contributed by atoms with Gasteiger partial charge in [-0.25, -0.2) is 4.79 Å². The van der Waals surface area contributed by atoms with Crippen LogP contribution in [0.2, 0.25) is 0 Å². The third-order valence-corrected chi connectivity index (χ3v) is 3.99. The Hall–Kier alpha value is -2.08. The van der Waals surface area contributed by atoms with Crippen LogP contribution in [0, 0.1) is 11.8 Å². The molecule has 2 heterocycles. The van der Waals surface area contributed by atoms with Gasteiger partial charge in [0.15, 0.2) is 5.58 Å². The molecule has 0 aliphatic carbocycles. The molecule has 0 bridgehead atoms. The molecule has 1 unspecified atom stereocenters. The van der Waals surface area contributed by atoms with Gasteiger partial charge in [-0.1, -0.05) is 6.92 Å². The first-order chi connectivity index (χ1) is 9.56. The monoisotopic (exact) mass is 275 g/mol. The maximum atomic E-state index is 12.1. The van der Waals surface area contributed by atoms with Crippen molar-refractivity contribution in [1.29, 1.82) is 0 Å². The molecule has 6 heteroatoms. The van der Waals surface area contributed by atoms with Crippen molar-refractivity contribution in [3.05, 3.63) is 28.7 Å². The molecular formula is C14H17N3O3. The van der Waals surface area contributed by atoms with Crippen molar-refractivity contribution in [2.45, 2.75) is 6.92 Å². The van der Waals surface area contributed by atoms with E-state index in [1.807, 2.05) is 6.92 Å². The number of aryl methyl sites for hydroxylation is 1. The molecule has 20 heavy (non-hydrogen) atoms. The number of benzene rings is 1. The third-order valence-electron chi connectivity index (χ3n) is 3.99. The number of hydrogen-bond acceptors (Lipinski definition) is 4. The maximum Gasteiger partial charge on any atom is 0.419 e. The van der Waals surface area contributed by atoms with Gasteiger partial charge in [0.1, 0.15) is 0 Å². The second-order valence-corrected chi connectivity index (χ2v) is 5.31. The lowest BCUT2D eigenvalue weighted by atomic mass is 9.88. The molecule has 1 aliphatic heterocycles. The Balaban J connectivity index is 1.81. The number of carbonyl (C=O) groups is 1. The van der Waals surface area contributed by atoms with Crippen molar-refractivity contribution in [3.8, 4) is 0 Å². The number of carbonyl (C=O) groups excluding carboxylic acids is 1. The predicted molar refractivity (Wildman–Crippen MR) is 75.6 cm³/mol. The number of aromatic nitrogens is 1. The van der Waals surface area contributed by atoms with E-state index in [0.717, 1.165) is 13.1 Å². The highest BCUT2D eigenvalue weighted by molar-refractivity contribution is 5.94. The number of hydrogen-bond donors (Lipinski definition) is 2. The van der Waals surface area contributed by atoms with Crippen LogP contribution in [0.4, 0.5) is 5.69 Å². The highest BCUT2D eigenvalue weighted by atomic mass is 16.4. The molecule has 1 atom stereocenters. The molecule has 1 aromatic carbocycles. The van der Waals surface area contributed by atoms with Gasteiger partial charge in [-0.15, -0.1) is 0 Å². The zero-order chi connectivity index (χ0) is 14.3. The minimum Gasteiger partial charge on any atom is -0.408 e. The fourth-order valence-electron chi connectivity index (χ4n) is 2.34. The van der Waals surface area contributed by atoms with Crippen LogP contribution in [-0.2, 0) is 11.8 Å². The highest BCUT2D eigenvalue weighted by Crippen LogP contribution is 2.21. The summed E-state index contributed by atoms with van der Waals surface area (Å²) in [5, 5.41) is 6.06. The fraction of sp³-hybridized carbons (Fsp3) is 0.429. The second-order valence-electron chi connectivity index (χ2n) is 5.31. The third kappa shape index (κ3) is 2.12. The molecule has 0 radical (unpaired) electrons. The largest absolute Gasteiger partial charge is 0.419 e. The quantitative estimate of drug-likeness (QED) is 0.873. The van der Waals surface area contributed by atoms with Gasteiger partial charge in [-0.05, 0) is 37.2 Å². The van der Waals surface area contributed by atoms with Crippen molar-refractivity contribution in [2.24, 2.45) is 18.9 Å². The molecule has 0 spiro atoms. The zero-order valence-corrected chi connectivity index (χ0v) is 11.5. The van der Waals surface area contributed by atoms with Gasteiger partial charge < -0.3 is 15.1 Å². The van der Waals surface area contributed by atoms with Crippen molar-refractivity contribution in [1.82, 2.24) is 9.88 Å². The first kappa shape index (κ1) is 12.9. The molecule has 2 aromatic rings. The van der Waals surface area contributed by atoms with E-state index < -0.39 is 5.76 Å². The molecular weight excluding hydrogens is 258 g/mol. The van der Waals surface area contributed by atoms with E-state index in [0.29, 0.717) is 22.7 Å². The number of fused-ring (bicyclic) bond motifs is 1. The first-order valence-electron chi connectivity index (χ1n) is 6.67. The molecule has 106 valence electrons. The highest BCUT2D eigenvalue weighted by Gasteiger charge is 2.28. The normalized spacial score (nSPS) is 16.9. The number of oxazole rings is 1. The maximum absolute atomic E-state index is 12.1. The fourth-order valence-corrected chi connectivity index (χ4v) is 2.34. The summed E-state index contributed by atoms with van der Waals surface area (Å²) >= 11 is 0. The van der Waals surface area contributed by atoms with Gasteiger partial charge in [-0.2, -0.15) is 0 Å². The molecule has 3 rings (SSSR count). The van der Waals surface area contributed by atoms with Gasteiger partial charge >= 0.3 is 5.76 Å². The van der Waals surface area contributed by atoms with Crippen LogP contribution < -0.4 is 16.4 Å². The van der Waals surface area contributed by atoms with Crippen LogP contribution in [0.1, 0.15) is 6.92 Å². The molecule has 1 fully saturated rings. The Bertz CT molecular complexity index is 712. The van der Waals surface area contributed by atoms with E-state index in [-0.39, 0.29) is 11.8 Å². The average Bonchev–Trinajstić information content (AvgIpc) is 2.63. The number of nitrogens with one attached hydrogen (secondary N) is 2. The van der Waals surface area contributed by atoms with E-state index >= 15 is 0 Å². The van der Waals surface area contributed by atoms with Crippen LogP contribution in [-0.4, -0.2) is 23.6 Å². The van der Waals surface area contributed by atoms with Gasteiger partial charge in [0.25, 0.3) is 0 Å². The van der Waals surface area contributed by atoms with Crippen molar-refractivity contribution in [2.75, 3.05) is 18.4 Å². The summed E-state index contributed by atoms with van der Waals surface area (Å²) in [7, 11) is 1.64. The van der Waals surface area contributed by atoms with E-state index in [1.165, 1.54) is 4.57 Å². The number of rotatable bonds is 3. The lowest BCUT2D eigenvalue weighted by molar-refractivity contribution is -0.121. The average molecular weight is 275 g/mol. The van der Waals surface area contributed by atoms with Crippen LogP contribution >= 0.6 is 0 Å². The second kappa shape index (κ2) is 4.79. The summed E-state index contributed by atoms with van der Waals surface area (Å²) in [4.78, 5) is 23.6. The standard InChI is InChI=1S/C14H17N3O3/c1-8(9-6-15-7-9)13(18)16-10-3-4-12-11(5-10)17(2)14(19)20-12/h3-5,8-9,15H,6-7H2,1-2H3,(H,16,18). The number of nitrogens with zero attached hydrogens (tertiary/aromatic N) is 1. The van der Waals surface area contributed by atoms with Crippen LogP contribution in [0.5, 0.6) is 0 Å². The Kier molecular flexibility index (Phi) is 3.10. The summed E-state index contributed by atoms with van der Waals surface area (Å²) in [5.41, 5.74) is 1.87. The lowest BCUT2D eigenvalue weighted by Gasteiger charge is -2.31. The van der Waals surface area contributed by atoms with E-state index in [9.17, 15) is 9.59 Å². The first-order valence-corrected chi connectivity index (χ1v) is 6.67. The molecule has 1 aromatic heterocycles. The van der Waals surface area contributed by atoms with Gasteiger partial charge in [-0.3, -0.25) is 9.36 Å². The zero-order valence-electron chi connectivity index (χ0n) is 11.5. The van der Waals surface area contributed by atoms with Gasteiger partial charge in [0.2, 0.25) is 5.91 Å². The van der Waals surface area contributed by atoms with Gasteiger partial charge in [0.05, 0.1) is 5.52 Å². The molecule has 1 saturated heterocycles. The summed E-state index contributed by atoms with van der Waals surface area (Å²) in [6, 6.07) is 5.20. The van der Waals surface area contributed by atoms with Crippen LogP contribution in [0.25, 0.3) is 11.1 Å². The SMILES string of the molecule is CC(C(=O)Nc1ccc2oc(=O)n(C)c2c1)C1CNC1. The summed E-state index contributed by atoms with van der Waals surface area (Å²) < 4.78 is 6.48. The smallest absolute Gasteiger partial charge is 0.408 e. The summed E-state index contributed by atoms with van der Waals surface area (Å²) in [6.45, 7) is 3.72. The summed E-state index contributed by atoms with van der Waals surface area (Å²) in [6.07, 6.45) is 0. The van der Waals surface area contributed by atoms with E-state index in [4.69, 9.17) is 4.42 Å². The van der Waals surface area contributed by atoms with E-state index in [2.05, 4.69) is 10.6 Å². The molecule has 0 saturated carbocycles. The Morgan fingerprint density at radius 3 is 2.90 bits per heavy atom. The number of amides is 1. The summed E-state index contributed by atoms with van der Waals surface area (Å²) in [5.74, 6) is -0.0288. The van der Waals surface area contributed by atoms with Crippen molar-refractivity contribution < 1.29 is 9.21 Å². The Morgan fingerprint density at radius 2 is 2.25 bits per heavy atom. The molecule has 6 nitrogen and oxygen atoms in total. The Labute approximate surface area is 115 Å². The van der Waals surface area contributed by atoms with E-state index in [1.54, 1.807) is 25.2 Å². The van der Waals surface area contributed by atoms with Crippen LogP contribution in [0.15, 0.2) is 27.4 Å². The lowest BCUT2D eigenvalue weighted by Crippen LogP contribution is -2.48. The van der Waals surface area contributed by atoms with Crippen molar-refractivity contribution >= 4 is 22.7 Å². The van der Waals surface area contributed by atoms with Crippen LogP contribution in [0.3, 0.4) is 0 Å². The number of anilines is 1. The Morgan fingerprint density at radius 1 is 1.50 bits per heavy atom. The molecule has 2 N–H and O–H groups in total. The topological polar surface area (TPSA) is 76.3 Å². The minimum absolute atomic E-state index is 0.00402.